The molecule has 4 nitrogen and oxygen atoms in total. The monoisotopic (exact) mass is 352 g/mol. The van der Waals surface area contributed by atoms with Crippen molar-refractivity contribution in [2.45, 2.75) is 13.2 Å². The first kappa shape index (κ1) is 15.7. The van der Waals surface area contributed by atoms with E-state index in [9.17, 15) is 5.11 Å². The van der Waals surface area contributed by atoms with Crippen LogP contribution in [0.5, 0.6) is 17.2 Å². The zero-order chi connectivity index (χ0) is 15.2. The maximum Gasteiger partial charge on any atom is 0.167 e. The molecule has 0 aromatic heterocycles. The van der Waals surface area contributed by atoms with Crippen LogP contribution in [-0.4, -0.2) is 19.3 Å². The molecule has 0 bridgehead atoms. The second kappa shape index (κ2) is 7.33. The molecular formula is C16H17BrO4. The summed E-state index contributed by atoms with van der Waals surface area (Å²) in [4.78, 5) is 0. The molecule has 2 rings (SSSR count). The van der Waals surface area contributed by atoms with Crippen LogP contribution in [0.25, 0.3) is 0 Å². The van der Waals surface area contributed by atoms with Crippen LogP contribution in [0.4, 0.5) is 0 Å². The number of methoxy groups -OCH3 is 2. The van der Waals surface area contributed by atoms with Crippen molar-refractivity contribution in [1.82, 2.24) is 0 Å². The van der Waals surface area contributed by atoms with Crippen LogP contribution >= 0.6 is 15.9 Å². The summed E-state index contributed by atoms with van der Waals surface area (Å²) in [6.45, 7) is 0.273. The van der Waals surface area contributed by atoms with E-state index >= 15 is 0 Å². The summed E-state index contributed by atoms with van der Waals surface area (Å²) >= 11 is 3.44. The maximum atomic E-state index is 9.39. The smallest absolute Gasteiger partial charge is 0.167 e. The highest BCUT2D eigenvalue weighted by Crippen LogP contribution is 2.32. The molecule has 0 saturated heterocycles. The zero-order valence-corrected chi connectivity index (χ0v) is 13.5. The Kier molecular flexibility index (Phi) is 5.47. The van der Waals surface area contributed by atoms with Crippen molar-refractivity contribution >= 4 is 15.9 Å². The first-order valence-electron chi connectivity index (χ1n) is 6.41. The Hall–Kier alpha value is -1.72. The van der Waals surface area contributed by atoms with Gasteiger partial charge in [-0.15, -0.1) is 0 Å². The quantitative estimate of drug-likeness (QED) is 0.863. The van der Waals surface area contributed by atoms with Crippen molar-refractivity contribution in [3.63, 3.8) is 0 Å². The average molecular weight is 353 g/mol. The molecular weight excluding hydrogens is 336 g/mol. The summed E-state index contributed by atoms with van der Waals surface area (Å²) in [6, 6.07) is 11.2. The molecule has 0 radical (unpaired) electrons. The third-order valence-corrected chi connectivity index (χ3v) is 3.67. The Balaban J connectivity index is 2.18. The number of rotatable bonds is 6. The standard InChI is InChI=1S/C16H17BrO4/c1-19-14-7-6-11(8-13(14)17)10-21-16-12(9-18)4-3-5-15(16)20-2/h3-8,18H,9-10H2,1-2H3. The lowest BCUT2D eigenvalue weighted by molar-refractivity contribution is 0.250. The third kappa shape index (κ3) is 3.68. The molecule has 0 fully saturated rings. The van der Waals surface area contributed by atoms with Crippen molar-refractivity contribution < 1.29 is 19.3 Å². The molecule has 2 aromatic carbocycles. The van der Waals surface area contributed by atoms with Gasteiger partial charge in [0.25, 0.3) is 0 Å². The number of halogens is 1. The highest BCUT2D eigenvalue weighted by atomic mass is 79.9. The number of para-hydroxylation sites is 1. The first-order chi connectivity index (χ1) is 10.2. The largest absolute Gasteiger partial charge is 0.496 e. The van der Waals surface area contributed by atoms with Crippen molar-refractivity contribution in [3.05, 3.63) is 52.0 Å². The van der Waals surface area contributed by atoms with Gasteiger partial charge in [0.2, 0.25) is 0 Å². The van der Waals surface area contributed by atoms with Gasteiger partial charge >= 0.3 is 0 Å². The molecule has 0 amide bonds. The van der Waals surface area contributed by atoms with E-state index in [0.717, 1.165) is 15.8 Å². The lowest BCUT2D eigenvalue weighted by Gasteiger charge is -2.14. The molecule has 0 atom stereocenters. The fraction of sp³-hybridized carbons (Fsp3) is 0.250. The molecule has 0 spiro atoms. The second-order valence-corrected chi connectivity index (χ2v) is 5.22. The van der Waals surface area contributed by atoms with Crippen LogP contribution in [0.15, 0.2) is 40.9 Å². The Bertz CT molecular complexity index is 591. The summed E-state index contributed by atoms with van der Waals surface area (Å²) in [6.07, 6.45) is 0. The van der Waals surface area contributed by atoms with Crippen LogP contribution < -0.4 is 14.2 Å². The predicted octanol–water partition coefficient (Wildman–Crippen LogP) is 3.54. The molecule has 0 aliphatic heterocycles. The molecule has 5 heteroatoms. The summed E-state index contributed by atoms with van der Waals surface area (Å²) < 4.78 is 17.2. The molecule has 0 aliphatic carbocycles. The van der Waals surface area contributed by atoms with Crippen LogP contribution in [-0.2, 0) is 13.2 Å². The molecule has 0 saturated carbocycles. The first-order valence-corrected chi connectivity index (χ1v) is 7.20. The van der Waals surface area contributed by atoms with Gasteiger partial charge in [0, 0.05) is 5.56 Å². The number of aliphatic hydroxyl groups excluding tert-OH is 1. The lowest BCUT2D eigenvalue weighted by Crippen LogP contribution is -2.01. The lowest BCUT2D eigenvalue weighted by atomic mass is 10.2. The molecule has 0 aliphatic rings. The van der Waals surface area contributed by atoms with E-state index in [2.05, 4.69) is 15.9 Å². The number of aliphatic hydroxyl groups is 1. The minimum Gasteiger partial charge on any atom is -0.496 e. The fourth-order valence-electron chi connectivity index (χ4n) is 1.97. The topological polar surface area (TPSA) is 47.9 Å². The highest BCUT2D eigenvalue weighted by molar-refractivity contribution is 9.10. The minimum absolute atomic E-state index is 0.0984. The van der Waals surface area contributed by atoms with Crippen molar-refractivity contribution in [3.8, 4) is 17.2 Å². The van der Waals surface area contributed by atoms with E-state index in [1.165, 1.54) is 0 Å². The number of ether oxygens (including phenoxy) is 3. The van der Waals surface area contributed by atoms with Crippen molar-refractivity contribution in [1.29, 1.82) is 0 Å². The van der Waals surface area contributed by atoms with E-state index in [1.807, 2.05) is 30.3 Å². The van der Waals surface area contributed by atoms with Crippen LogP contribution in [0, 0.1) is 0 Å². The molecule has 21 heavy (non-hydrogen) atoms. The Morgan fingerprint density at radius 1 is 1.05 bits per heavy atom. The predicted molar refractivity (Wildman–Crippen MR) is 83.9 cm³/mol. The number of hydrogen-bond acceptors (Lipinski definition) is 4. The summed E-state index contributed by atoms with van der Waals surface area (Å²) in [5.41, 5.74) is 1.68. The Labute approximate surface area is 132 Å². The zero-order valence-electron chi connectivity index (χ0n) is 11.9. The van der Waals surface area contributed by atoms with Crippen LogP contribution in [0.1, 0.15) is 11.1 Å². The molecule has 0 unspecified atom stereocenters. The van der Waals surface area contributed by atoms with Gasteiger partial charge in [0.05, 0.1) is 25.3 Å². The van der Waals surface area contributed by atoms with Gasteiger partial charge in [-0.1, -0.05) is 18.2 Å². The average Bonchev–Trinajstić information content (AvgIpc) is 2.52. The molecule has 2 aromatic rings. The van der Waals surface area contributed by atoms with Crippen LogP contribution in [0.3, 0.4) is 0 Å². The fourth-order valence-corrected chi connectivity index (χ4v) is 2.55. The summed E-state index contributed by atoms with van der Waals surface area (Å²) in [5.74, 6) is 1.94. The Morgan fingerprint density at radius 3 is 2.43 bits per heavy atom. The van der Waals surface area contributed by atoms with Gasteiger partial charge in [-0.25, -0.2) is 0 Å². The summed E-state index contributed by atoms with van der Waals surface area (Å²) in [7, 11) is 3.20. The van der Waals surface area contributed by atoms with Crippen molar-refractivity contribution in [2.75, 3.05) is 14.2 Å². The normalized spacial score (nSPS) is 10.3. The van der Waals surface area contributed by atoms with E-state index in [1.54, 1.807) is 20.3 Å². The number of hydrogen-bond donors (Lipinski definition) is 1. The van der Waals surface area contributed by atoms with Gasteiger partial charge in [-0.2, -0.15) is 0 Å². The van der Waals surface area contributed by atoms with E-state index in [4.69, 9.17) is 14.2 Å². The molecule has 0 heterocycles. The molecule has 112 valence electrons. The number of benzene rings is 2. The minimum atomic E-state index is -0.0984. The van der Waals surface area contributed by atoms with E-state index in [-0.39, 0.29) is 6.61 Å². The SMILES string of the molecule is COc1ccc(COc2c(CO)cccc2OC)cc1Br. The summed E-state index contributed by atoms with van der Waals surface area (Å²) in [5, 5.41) is 9.39. The van der Waals surface area contributed by atoms with E-state index < -0.39 is 0 Å². The van der Waals surface area contributed by atoms with Gasteiger partial charge in [0.15, 0.2) is 11.5 Å². The van der Waals surface area contributed by atoms with Crippen LogP contribution in [0.2, 0.25) is 0 Å². The molecule has 1 N–H and O–H groups in total. The van der Waals surface area contributed by atoms with Gasteiger partial charge in [-0.3, -0.25) is 0 Å². The van der Waals surface area contributed by atoms with Crippen molar-refractivity contribution in [2.24, 2.45) is 0 Å². The Morgan fingerprint density at radius 2 is 1.81 bits per heavy atom. The highest BCUT2D eigenvalue weighted by Gasteiger charge is 2.10. The van der Waals surface area contributed by atoms with Gasteiger partial charge < -0.3 is 19.3 Å². The van der Waals surface area contributed by atoms with Gasteiger partial charge in [-0.05, 0) is 39.7 Å². The van der Waals surface area contributed by atoms with E-state index in [0.29, 0.717) is 23.7 Å². The second-order valence-electron chi connectivity index (χ2n) is 4.36. The maximum absolute atomic E-state index is 9.39. The van der Waals surface area contributed by atoms with Gasteiger partial charge in [0.1, 0.15) is 12.4 Å². The third-order valence-electron chi connectivity index (χ3n) is 3.05.